The zero-order valence-corrected chi connectivity index (χ0v) is 32.1. The van der Waals surface area contributed by atoms with Crippen LogP contribution in [0.3, 0.4) is 0 Å². The van der Waals surface area contributed by atoms with Gasteiger partial charge in [0.2, 0.25) is 0 Å². The second-order valence-corrected chi connectivity index (χ2v) is 16.9. The van der Waals surface area contributed by atoms with E-state index in [4.69, 9.17) is 29.4 Å². The molecular weight excluding hydrogens is 654 g/mol. The molecule has 0 atom stereocenters. The van der Waals surface area contributed by atoms with Crippen molar-refractivity contribution in [2.24, 2.45) is 0 Å². The molecule has 2 aromatic rings. The van der Waals surface area contributed by atoms with Crippen molar-refractivity contribution in [1.29, 1.82) is 0 Å². The Morgan fingerprint density at radius 3 is 0.783 bits per heavy atom. The summed E-state index contributed by atoms with van der Waals surface area (Å²) in [6, 6.07) is 21.8. The quantitative estimate of drug-likeness (QED) is 0.0525. The Morgan fingerprint density at radius 1 is 0.370 bits per heavy atom. The Morgan fingerprint density at radius 2 is 0.565 bits per heavy atom. The first kappa shape index (κ1) is 47.6. The number of hydrogen-bond acceptors (Lipinski definition) is 2. The molecular formula is C36H66O6P2S2. The standard InChI is InChI=1S/2C18H30.2H3O3PS/c2*1-2-3-4-5-6-7-8-9-10-12-15-18-16-13-11-14-17-18;2*1-4(2,3)5/h2*11,13-14,16-17H,2-10,12,15H2,1H3;2*(H3,1,2,3,5). The second kappa shape index (κ2) is 34.4. The fourth-order valence-electron chi connectivity index (χ4n) is 4.92. The zero-order chi connectivity index (χ0) is 34.8. The van der Waals surface area contributed by atoms with Crippen LogP contribution in [0.2, 0.25) is 0 Å². The molecule has 46 heavy (non-hydrogen) atoms. The highest BCUT2D eigenvalue weighted by molar-refractivity contribution is 8.06. The average molecular weight is 721 g/mol. The van der Waals surface area contributed by atoms with Crippen LogP contribution in [0, 0.1) is 0 Å². The summed E-state index contributed by atoms with van der Waals surface area (Å²) in [5.74, 6) is 0. The van der Waals surface area contributed by atoms with Gasteiger partial charge >= 0.3 is 13.4 Å². The molecule has 0 saturated heterocycles. The van der Waals surface area contributed by atoms with Crippen molar-refractivity contribution in [3.8, 4) is 0 Å². The van der Waals surface area contributed by atoms with Gasteiger partial charge < -0.3 is 29.4 Å². The smallest absolute Gasteiger partial charge is 0.319 e. The molecule has 6 N–H and O–H groups in total. The summed E-state index contributed by atoms with van der Waals surface area (Å²) >= 11 is 7.21. The van der Waals surface area contributed by atoms with Gasteiger partial charge in [-0.15, -0.1) is 0 Å². The Kier molecular flexibility index (Phi) is 35.6. The van der Waals surface area contributed by atoms with E-state index in [1.165, 1.54) is 152 Å². The number of aryl methyl sites for hydroxylation is 2. The lowest BCUT2D eigenvalue weighted by atomic mass is 10.0. The SMILES string of the molecule is CCCCCCCCCCCCc1ccccc1.CCCCCCCCCCCCc1ccccc1.OP(O)(O)=S.OP(O)(O)=S. The Balaban J connectivity index is 0. The van der Waals surface area contributed by atoms with E-state index in [0.717, 1.165) is 0 Å². The highest BCUT2D eigenvalue weighted by Crippen LogP contribution is 2.27. The predicted octanol–water partition coefficient (Wildman–Crippen LogP) is 10.7. The van der Waals surface area contributed by atoms with Gasteiger partial charge in [-0.05, 0) is 60.4 Å². The van der Waals surface area contributed by atoms with Crippen molar-refractivity contribution in [3.63, 3.8) is 0 Å². The normalized spacial score (nSPS) is 11.0. The zero-order valence-electron chi connectivity index (χ0n) is 28.7. The van der Waals surface area contributed by atoms with Gasteiger partial charge in [0.25, 0.3) is 0 Å². The summed E-state index contributed by atoms with van der Waals surface area (Å²) < 4.78 is 0. The number of benzene rings is 2. The van der Waals surface area contributed by atoms with E-state index in [2.05, 4.69) is 98.1 Å². The third-order valence-corrected chi connectivity index (χ3v) is 7.32. The van der Waals surface area contributed by atoms with Crippen LogP contribution < -0.4 is 0 Å². The molecule has 0 aromatic heterocycles. The molecule has 0 radical (unpaired) electrons. The molecule has 6 nitrogen and oxygen atoms in total. The van der Waals surface area contributed by atoms with Gasteiger partial charge in [-0.25, -0.2) is 0 Å². The van der Waals surface area contributed by atoms with E-state index in [1.807, 2.05) is 0 Å². The van der Waals surface area contributed by atoms with Gasteiger partial charge in [-0.2, -0.15) is 0 Å². The lowest BCUT2D eigenvalue weighted by molar-refractivity contribution is 0.361. The van der Waals surface area contributed by atoms with Crippen LogP contribution in [-0.4, -0.2) is 29.4 Å². The Bertz CT molecular complexity index is 875. The molecule has 2 rings (SSSR count). The van der Waals surface area contributed by atoms with E-state index in [9.17, 15) is 0 Å². The van der Waals surface area contributed by atoms with Crippen LogP contribution in [0.1, 0.15) is 153 Å². The molecule has 0 aliphatic carbocycles. The van der Waals surface area contributed by atoms with E-state index >= 15 is 0 Å². The summed E-state index contributed by atoms with van der Waals surface area (Å²) in [5.41, 5.74) is 2.99. The van der Waals surface area contributed by atoms with Crippen LogP contribution in [-0.2, 0) is 36.5 Å². The lowest BCUT2D eigenvalue weighted by Gasteiger charge is -2.03. The van der Waals surface area contributed by atoms with E-state index in [-0.39, 0.29) is 0 Å². The molecule has 0 heterocycles. The van der Waals surface area contributed by atoms with Crippen LogP contribution in [0.25, 0.3) is 0 Å². The fourth-order valence-corrected chi connectivity index (χ4v) is 4.92. The number of hydrogen-bond donors (Lipinski definition) is 6. The third-order valence-electron chi connectivity index (χ3n) is 7.32. The molecule has 0 amide bonds. The monoisotopic (exact) mass is 720 g/mol. The summed E-state index contributed by atoms with van der Waals surface area (Å²) in [7, 11) is 0. The summed E-state index contributed by atoms with van der Waals surface area (Å²) in [6.07, 6.45) is 31.0. The molecule has 0 aliphatic heterocycles. The predicted molar refractivity (Wildman–Crippen MR) is 206 cm³/mol. The van der Waals surface area contributed by atoms with Crippen molar-refractivity contribution in [1.82, 2.24) is 0 Å². The molecule has 268 valence electrons. The molecule has 0 spiro atoms. The van der Waals surface area contributed by atoms with Crippen LogP contribution in [0.5, 0.6) is 0 Å². The van der Waals surface area contributed by atoms with Gasteiger partial charge in [0.05, 0.1) is 0 Å². The largest absolute Gasteiger partial charge is 0.325 e. The Labute approximate surface area is 292 Å². The fraction of sp³-hybridized carbons (Fsp3) is 0.667. The highest BCUT2D eigenvalue weighted by Gasteiger charge is 1.96. The molecule has 0 saturated carbocycles. The maximum atomic E-state index is 7.56. The maximum Gasteiger partial charge on any atom is 0.319 e. The topological polar surface area (TPSA) is 121 Å². The summed E-state index contributed by atoms with van der Waals surface area (Å²) in [6.45, 7) is -3.04. The third kappa shape index (κ3) is 50.4. The first-order chi connectivity index (χ1) is 21.9. The van der Waals surface area contributed by atoms with Crippen LogP contribution in [0.15, 0.2) is 60.7 Å². The molecule has 0 bridgehead atoms. The van der Waals surface area contributed by atoms with Crippen LogP contribution >= 0.6 is 13.4 Å². The highest BCUT2D eigenvalue weighted by atomic mass is 32.5. The van der Waals surface area contributed by atoms with Gasteiger partial charge in [-0.1, -0.05) is 190 Å². The van der Waals surface area contributed by atoms with Gasteiger partial charge in [0.1, 0.15) is 0 Å². The van der Waals surface area contributed by atoms with Crippen molar-refractivity contribution < 1.29 is 29.4 Å². The summed E-state index contributed by atoms with van der Waals surface area (Å²) in [5, 5.41) is 0. The van der Waals surface area contributed by atoms with Crippen molar-refractivity contribution in [2.75, 3.05) is 0 Å². The first-order valence-corrected chi connectivity index (χ1v) is 22.8. The lowest BCUT2D eigenvalue weighted by Crippen LogP contribution is -1.86. The molecule has 10 heteroatoms. The average Bonchev–Trinajstić information content (AvgIpc) is 2.99. The minimum atomic E-state index is -3.81. The molecule has 0 aliphatic rings. The van der Waals surface area contributed by atoms with E-state index in [0.29, 0.717) is 0 Å². The minimum absolute atomic E-state index is 1.26. The molecule has 2 aromatic carbocycles. The van der Waals surface area contributed by atoms with E-state index < -0.39 is 13.4 Å². The summed E-state index contributed by atoms with van der Waals surface area (Å²) in [4.78, 5) is 45.3. The second-order valence-electron chi connectivity index (χ2n) is 11.9. The van der Waals surface area contributed by atoms with Gasteiger partial charge in [-0.3, -0.25) is 0 Å². The first-order valence-electron chi connectivity index (χ1n) is 17.5. The maximum absolute atomic E-state index is 7.56. The van der Waals surface area contributed by atoms with Gasteiger partial charge in [0, 0.05) is 0 Å². The number of rotatable bonds is 22. The number of unbranched alkanes of at least 4 members (excludes halogenated alkanes) is 18. The minimum Gasteiger partial charge on any atom is -0.325 e. The van der Waals surface area contributed by atoms with Gasteiger partial charge in [0.15, 0.2) is 0 Å². The Hall–Kier alpha value is -0.500. The molecule has 0 fully saturated rings. The van der Waals surface area contributed by atoms with Crippen molar-refractivity contribution in [2.45, 2.75) is 155 Å². The van der Waals surface area contributed by atoms with Crippen molar-refractivity contribution in [3.05, 3.63) is 71.8 Å². The van der Waals surface area contributed by atoms with Crippen LogP contribution in [0.4, 0.5) is 0 Å². The van der Waals surface area contributed by atoms with E-state index in [1.54, 1.807) is 0 Å². The van der Waals surface area contributed by atoms with Crippen molar-refractivity contribution >= 4 is 37.1 Å². The molecule has 0 unspecified atom stereocenters.